The van der Waals surface area contributed by atoms with Crippen LogP contribution in [0.3, 0.4) is 0 Å². The van der Waals surface area contributed by atoms with Crippen molar-refractivity contribution in [1.29, 1.82) is 0 Å². The lowest BCUT2D eigenvalue weighted by molar-refractivity contribution is -0.115. The second-order valence-corrected chi connectivity index (χ2v) is 5.47. The Hall–Kier alpha value is -1.16. The van der Waals surface area contributed by atoms with Crippen LogP contribution in [0, 0.1) is 0 Å². The summed E-state index contributed by atoms with van der Waals surface area (Å²) in [5.74, 6) is 0.627. The zero-order valence-electron chi connectivity index (χ0n) is 9.93. The van der Waals surface area contributed by atoms with Crippen LogP contribution in [0.4, 0.5) is 11.4 Å². The topological polar surface area (TPSA) is 46.3 Å². The highest BCUT2D eigenvalue weighted by Gasteiger charge is 2.11. The third-order valence-electron chi connectivity index (χ3n) is 2.19. The van der Waals surface area contributed by atoms with Gasteiger partial charge in [0.2, 0.25) is 5.91 Å². The Morgan fingerprint density at radius 3 is 2.44 bits per heavy atom. The molecule has 0 aliphatic rings. The number of carbonyl (C=O) groups excluding carboxylic acids is 1. The summed E-state index contributed by atoms with van der Waals surface area (Å²) < 4.78 is 0. The minimum atomic E-state index is 0.114. The van der Waals surface area contributed by atoms with Gasteiger partial charge in [0, 0.05) is 18.4 Å². The molecular weight excluding hydrogens is 220 g/mol. The Kier molecular flexibility index (Phi) is 4.68. The number of anilines is 2. The van der Waals surface area contributed by atoms with E-state index in [0.717, 1.165) is 5.69 Å². The fraction of sp³-hybridized carbons (Fsp3) is 0.417. The molecule has 0 saturated carbocycles. The Bertz CT molecular complexity index is 349. The zero-order chi connectivity index (χ0) is 12.1. The smallest absolute Gasteiger partial charge is 0.236 e. The molecule has 0 atom stereocenters. The van der Waals surface area contributed by atoms with E-state index in [9.17, 15) is 4.79 Å². The van der Waals surface area contributed by atoms with E-state index < -0.39 is 0 Å². The fourth-order valence-corrected chi connectivity index (χ4v) is 1.85. The average molecular weight is 238 g/mol. The highest BCUT2D eigenvalue weighted by Crippen LogP contribution is 2.17. The summed E-state index contributed by atoms with van der Waals surface area (Å²) in [6.07, 6.45) is 0. The third-order valence-corrected chi connectivity index (χ3v) is 3.27. The molecule has 2 N–H and O–H groups in total. The summed E-state index contributed by atoms with van der Waals surface area (Å²) in [5.41, 5.74) is 7.18. The van der Waals surface area contributed by atoms with E-state index in [4.69, 9.17) is 5.73 Å². The molecule has 16 heavy (non-hydrogen) atoms. The molecule has 0 aromatic heterocycles. The van der Waals surface area contributed by atoms with Crippen LogP contribution in [0.1, 0.15) is 13.8 Å². The molecule has 0 aliphatic carbocycles. The molecular formula is C12H18N2OS. The zero-order valence-corrected chi connectivity index (χ0v) is 10.8. The standard InChI is InChI=1S/C12H18N2OS/c1-9(2)16-8-12(15)14(3)11-6-4-10(13)5-7-11/h4-7,9H,8,13H2,1-3H3. The first-order valence-corrected chi connectivity index (χ1v) is 6.29. The maximum absolute atomic E-state index is 11.8. The third kappa shape index (κ3) is 3.77. The van der Waals surface area contributed by atoms with Crippen LogP contribution in [0.2, 0.25) is 0 Å². The lowest BCUT2D eigenvalue weighted by atomic mass is 10.2. The van der Waals surface area contributed by atoms with Crippen molar-refractivity contribution in [2.45, 2.75) is 19.1 Å². The Morgan fingerprint density at radius 2 is 1.94 bits per heavy atom. The Labute approximate surface area is 101 Å². The molecule has 0 radical (unpaired) electrons. The highest BCUT2D eigenvalue weighted by molar-refractivity contribution is 8.00. The van der Waals surface area contributed by atoms with Crippen LogP contribution in [-0.4, -0.2) is 24.0 Å². The van der Waals surface area contributed by atoms with Crippen molar-refractivity contribution in [3.8, 4) is 0 Å². The van der Waals surface area contributed by atoms with Crippen LogP contribution >= 0.6 is 11.8 Å². The molecule has 0 saturated heterocycles. The molecule has 0 spiro atoms. The molecule has 3 nitrogen and oxygen atoms in total. The first kappa shape index (κ1) is 12.9. The quantitative estimate of drug-likeness (QED) is 0.819. The van der Waals surface area contributed by atoms with E-state index in [0.29, 0.717) is 16.7 Å². The van der Waals surface area contributed by atoms with Crippen LogP contribution in [0.25, 0.3) is 0 Å². The van der Waals surface area contributed by atoms with E-state index in [-0.39, 0.29) is 5.91 Å². The summed E-state index contributed by atoms with van der Waals surface area (Å²) >= 11 is 1.65. The van der Waals surface area contributed by atoms with Crippen molar-refractivity contribution in [1.82, 2.24) is 0 Å². The number of rotatable bonds is 4. The van der Waals surface area contributed by atoms with Crippen molar-refractivity contribution >= 4 is 29.0 Å². The molecule has 1 aromatic carbocycles. The highest BCUT2D eigenvalue weighted by atomic mass is 32.2. The summed E-state index contributed by atoms with van der Waals surface area (Å²) in [5, 5.41) is 0.476. The largest absolute Gasteiger partial charge is 0.399 e. The van der Waals surface area contributed by atoms with Crippen molar-refractivity contribution in [3.05, 3.63) is 24.3 Å². The number of benzene rings is 1. The molecule has 0 heterocycles. The molecule has 4 heteroatoms. The van der Waals surface area contributed by atoms with E-state index in [2.05, 4.69) is 13.8 Å². The van der Waals surface area contributed by atoms with Crippen molar-refractivity contribution in [2.24, 2.45) is 0 Å². The fourth-order valence-electron chi connectivity index (χ4n) is 1.18. The average Bonchev–Trinajstić information content (AvgIpc) is 2.26. The lowest BCUT2D eigenvalue weighted by Gasteiger charge is -2.17. The monoisotopic (exact) mass is 238 g/mol. The lowest BCUT2D eigenvalue weighted by Crippen LogP contribution is -2.28. The summed E-state index contributed by atoms with van der Waals surface area (Å²) in [7, 11) is 1.79. The van der Waals surface area contributed by atoms with Crippen molar-refractivity contribution in [2.75, 3.05) is 23.4 Å². The van der Waals surface area contributed by atoms with Crippen molar-refractivity contribution in [3.63, 3.8) is 0 Å². The normalized spacial score (nSPS) is 10.5. The van der Waals surface area contributed by atoms with Gasteiger partial charge in [0.15, 0.2) is 0 Å². The first-order chi connectivity index (χ1) is 7.50. The van der Waals surface area contributed by atoms with Gasteiger partial charge in [-0.3, -0.25) is 4.79 Å². The van der Waals surface area contributed by atoms with Gasteiger partial charge in [-0.05, 0) is 29.5 Å². The van der Waals surface area contributed by atoms with Crippen LogP contribution in [0.5, 0.6) is 0 Å². The number of nitrogens with two attached hydrogens (primary N) is 1. The molecule has 0 bridgehead atoms. The Balaban J connectivity index is 2.59. The number of carbonyl (C=O) groups is 1. The van der Waals surface area contributed by atoms with E-state index in [1.807, 2.05) is 12.1 Å². The van der Waals surface area contributed by atoms with Crippen LogP contribution < -0.4 is 10.6 Å². The number of nitrogen functional groups attached to an aromatic ring is 1. The second kappa shape index (κ2) is 5.80. The van der Waals surface area contributed by atoms with Gasteiger partial charge in [0.1, 0.15) is 0 Å². The first-order valence-electron chi connectivity index (χ1n) is 5.24. The molecule has 1 amide bonds. The molecule has 1 rings (SSSR count). The van der Waals surface area contributed by atoms with Crippen LogP contribution in [-0.2, 0) is 4.79 Å². The minimum absolute atomic E-state index is 0.114. The van der Waals surface area contributed by atoms with E-state index >= 15 is 0 Å². The number of amides is 1. The van der Waals surface area contributed by atoms with Gasteiger partial charge in [0.25, 0.3) is 0 Å². The number of nitrogens with zero attached hydrogens (tertiary/aromatic N) is 1. The van der Waals surface area contributed by atoms with Crippen molar-refractivity contribution < 1.29 is 4.79 Å². The van der Waals surface area contributed by atoms with Gasteiger partial charge in [-0.1, -0.05) is 13.8 Å². The number of hydrogen-bond acceptors (Lipinski definition) is 3. The maximum atomic E-state index is 11.8. The molecule has 0 aliphatic heterocycles. The minimum Gasteiger partial charge on any atom is -0.399 e. The maximum Gasteiger partial charge on any atom is 0.236 e. The van der Waals surface area contributed by atoms with Crippen LogP contribution in [0.15, 0.2) is 24.3 Å². The number of hydrogen-bond donors (Lipinski definition) is 1. The molecule has 88 valence electrons. The van der Waals surface area contributed by atoms with Gasteiger partial charge in [-0.15, -0.1) is 11.8 Å². The molecule has 0 unspecified atom stereocenters. The van der Waals surface area contributed by atoms with Gasteiger partial charge in [0.05, 0.1) is 5.75 Å². The van der Waals surface area contributed by atoms with E-state index in [1.54, 1.807) is 35.8 Å². The summed E-state index contributed by atoms with van der Waals surface area (Å²) in [6.45, 7) is 4.17. The molecule has 0 fully saturated rings. The molecule has 1 aromatic rings. The predicted octanol–water partition coefficient (Wildman–Crippen LogP) is 2.37. The van der Waals surface area contributed by atoms with Gasteiger partial charge >= 0.3 is 0 Å². The summed E-state index contributed by atoms with van der Waals surface area (Å²) in [4.78, 5) is 13.5. The van der Waals surface area contributed by atoms with Gasteiger partial charge in [-0.25, -0.2) is 0 Å². The number of thioether (sulfide) groups is 1. The second-order valence-electron chi connectivity index (χ2n) is 3.90. The Morgan fingerprint density at radius 1 is 1.38 bits per heavy atom. The predicted molar refractivity (Wildman–Crippen MR) is 71.9 cm³/mol. The van der Waals surface area contributed by atoms with E-state index in [1.165, 1.54) is 0 Å². The van der Waals surface area contributed by atoms with Gasteiger partial charge in [-0.2, -0.15) is 0 Å². The van der Waals surface area contributed by atoms with Gasteiger partial charge < -0.3 is 10.6 Å². The summed E-state index contributed by atoms with van der Waals surface area (Å²) in [6, 6.07) is 7.31. The SMILES string of the molecule is CC(C)SCC(=O)N(C)c1ccc(N)cc1.